The third-order valence-electron chi connectivity index (χ3n) is 5.46. The lowest BCUT2D eigenvalue weighted by Gasteiger charge is -2.31. The first-order chi connectivity index (χ1) is 13.5. The lowest BCUT2D eigenvalue weighted by molar-refractivity contribution is -0.117. The maximum atomic E-state index is 12.6. The van der Waals surface area contributed by atoms with E-state index in [0.717, 1.165) is 23.0 Å². The summed E-state index contributed by atoms with van der Waals surface area (Å²) in [6, 6.07) is 10.0. The van der Waals surface area contributed by atoms with Crippen LogP contribution >= 0.6 is 0 Å². The van der Waals surface area contributed by atoms with Gasteiger partial charge in [0.1, 0.15) is 0 Å². The highest BCUT2D eigenvalue weighted by Crippen LogP contribution is 2.34. The largest absolute Gasteiger partial charge is 0.345 e. The molecule has 1 aliphatic carbocycles. The Kier molecular flexibility index (Phi) is 6.29. The van der Waals surface area contributed by atoms with Crippen molar-refractivity contribution in [2.75, 3.05) is 0 Å². The number of nitrogens with zero attached hydrogens (tertiary/aromatic N) is 2. The highest BCUT2D eigenvalue weighted by Gasteiger charge is 2.25. The van der Waals surface area contributed by atoms with Gasteiger partial charge in [-0.25, -0.2) is 4.79 Å². The third-order valence-corrected chi connectivity index (χ3v) is 5.46. The molecule has 1 aromatic carbocycles. The third kappa shape index (κ3) is 4.50. The van der Waals surface area contributed by atoms with E-state index in [2.05, 4.69) is 5.32 Å². The van der Waals surface area contributed by atoms with E-state index in [1.54, 1.807) is 7.05 Å². The van der Waals surface area contributed by atoms with Gasteiger partial charge < -0.3 is 9.88 Å². The second-order valence-electron chi connectivity index (χ2n) is 7.47. The molecule has 0 saturated heterocycles. The van der Waals surface area contributed by atoms with Crippen LogP contribution in [0, 0.1) is 5.92 Å². The van der Waals surface area contributed by atoms with Crippen molar-refractivity contribution in [2.45, 2.75) is 38.1 Å². The molecule has 148 valence electrons. The SMILES string of the molecule is Cn1cc(/C=C\C(=O)N[C@@H](c2ccccc2)C2CCCCC2)c(=O)n(C)c1=O. The molecule has 1 aromatic heterocycles. The van der Waals surface area contributed by atoms with Crippen LogP contribution in [0.5, 0.6) is 0 Å². The summed E-state index contributed by atoms with van der Waals surface area (Å²) in [5.41, 5.74) is 0.593. The van der Waals surface area contributed by atoms with Crippen molar-refractivity contribution < 1.29 is 4.79 Å². The van der Waals surface area contributed by atoms with Crippen molar-refractivity contribution in [1.29, 1.82) is 0 Å². The van der Waals surface area contributed by atoms with Gasteiger partial charge in [0.25, 0.3) is 5.56 Å². The fourth-order valence-corrected chi connectivity index (χ4v) is 3.92. The number of nitrogens with one attached hydrogen (secondary N) is 1. The summed E-state index contributed by atoms with van der Waals surface area (Å²) < 4.78 is 2.36. The minimum Gasteiger partial charge on any atom is -0.345 e. The first-order valence-corrected chi connectivity index (χ1v) is 9.77. The Morgan fingerprint density at radius 2 is 1.79 bits per heavy atom. The molecule has 1 amide bonds. The Balaban J connectivity index is 1.80. The van der Waals surface area contributed by atoms with E-state index < -0.39 is 11.2 Å². The molecule has 3 rings (SSSR count). The minimum absolute atomic E-state index is 0.0402. The molecule has 0 aliphatic heterocycles. The maximum absolute atomic E-state index is 12.6. The van der Waals surface area contributed by atoms with Crippen molar-refractivity contribution >= 4 is 12.0 Å². The minimum atomic E-state index is -0.418. The predicted octanol–water partition coefficient (Wildman–Crippen LogP) is 2.54. The van der Waals surface area contributed by atoms with Crippen LogP contribution in [-0.4, -0.2) is 15.0 Å². The summed E-state index contributed by atoms with van der Waals surface area (Å²) in [6.07, 6.45) is 10.1. The van der Waals surface area contributed by atoms with Crippen molar-refractivity contribution in [3.8, 4) is 0 Å². The average Bonchev–Trinajstić information content (AvgIpc) is 2.73. The van der Waals surface area contributed by atoms with Gasteiger partial charge in [-0.15, -0.1) is 0 Å². The van der Waals surface area contributed by atoms with E-state index in [0.29, 0.717) is 11.5 Å². The summed E-state index contributed by atoms with van der Waals surface area (Å²) in [5.74, 6) is 0.175. The first kappa shape index (κ1) is 19.9. The number of rotatable bonds is 5. The van der Waals surface area contributed by atoms with Crippen molar-refractivity contribution in [1.82, 2.24) is 14.5 Å². The molecule has 0 spiro atoms. The van der Waals surface area contributed by atoms with E-state index in [1.165, 1.54) is 49.2 Å². The molecule has 1 N–H and O–H groups in total. The highest BCUT2D eigenvalue weighted by molar-refractivity contribution is 5.91. The Bertz CT molecular complexity index is 967. The van der Waals surface area contributed by atoms with E-state index in [4.69, 9.17) is 0 Å². The van der Waals surface area contributed by atoms with Crippen molar-refractivity contribution in [3.05, 3.63) is 74.6 Å². The number of carbonyl (C=O) groups is 1. The van der Waals surface area contributed by atoms with E-state index in [9.17, 15) is 14.4 Å². The van der Waals surface area contributed by atoms with Gasteiger partial charge in [0, 0.05) is 26.4 Å². The van der Waals surface area contributed by atoms with Crippen LogP contribution in [0.15, 0.2) is 52.2 Å². The van der Waals surface area contributed by atoms with Crippen LogP contribution in [0.2, 0.25) is 0 Å². The van der Waals surface area contributed by atoms with Crippen LogP contribution in [0.3, 0.4) is 0 Å². The molecule has 0 radical (unpaired) electrons. The molecular formula is C22H27N3O3. The fraction of sp³-hybridized carbons (Fsp3) is 0.409. The van der Waals surface area contributed by atoms with Gasteiger partial charge >= 0.3 is 5.69 Å². The van der Waals surface area contributed by atoms with Gasteiger partial charge in [0.15, 0.2) is 0 Å². The van der Waals surface area contributed by atoms with Gasteiger partial charge in [-0.2, -0.15) is 0 Å². The standard InChI is InChI=1S/C22H27N3O3/c1-24-15-18(21(27)25(2)22(24)28)13-14-19(26)23-20(16-9-5-3-6-10-16)17-11-7-4-8-12-17/h3,5-6,9-10,13-15,17,20H,4,7-8,11-12H2,1-2H3,(H,23,26)/b14-13-/t20-/m0/s1. The van der Waals surface area contributed by atoms with Gasteiger partial charge in [0.2, 0.25) is 5.91 Å². The Hall–Kier alpha value is -2.89. The molecular weight excluding hydrogens is 354 g/mol. The summed E-state index contributed by atoms with van der Waals surface area (Å²) in [7, 11) is 3.00. The summed E-state index contributed by atoms with van der Waals surface area (Å²) in [6.45, 7) is 0. The number of hydrogen-bond acceptors (Lipinski definition) is 3. The molecule has 1 atom stereocenters. The molecule has 28 heavy (non-hydrogen) atoms. The molecule has 1 fully saturated rings. The lowest BCUT2D eigenvalue weighted by Crippen LogP contribution is -2.37. The number of carbonyl (C=O) groups excluding carboxylic acids is 1. The summed E-state index contributed by atoms with van der Waals surface area (Å²) >= 11 is 0. The van der Waals surface area contributed by atoms with E-state index in [-0.39, 0.29) is 11.9 Å². The molecule has 0 bridgehead atoms. The van der Waals surface area contributed by atoms with E-state index >= 15 is 0 Å². The maximum Gasteiger partial charge on any atom is 0.330 e. The van der Waals surface area contributed by atoms with Gasteiger partial charge in [-0.1, -0.05) is 49.6 Å². The Morgan fingerprint density at radius 3 is 2.46 bits per heavy atom. The summed E-state index contributed by atoms with van der Waals surface area (Å²) in [5, 5.41) is 3.13. The molecule has 2 aromatic rings. The quantitative estimate of drug-likeness (QED) is 0.809. The number of benzene rings is 1. The van der Waals surface area contributed by atoms with Gasteiger partial charge in [-0.3, -0.25) is 14.2 Å². The van der Waals surface area contributed by atoms with Gasteiger partial charge in [-0.05, 0) is 30.4 Å². The van der Waals surface area contributed by atoms with Crippen LogP contribution in [-0.2, 0) is 18.9 Å². The van der Waals surface area contributed by atoms with Crippen molar-refractivity contribution in [3.63, 3.8) is 0 Å². The smallest absolute Gasteiger partial charge is 0.330 e. The zero-order valence-corrected chi connectivity index (χ0v) is 16.4. The van der Waals surface area contributed by atoms with Crippen LogP contribution in [0.1, 0.15) is 49.3 Å². The number of amides is 1. The summed E-state index contributed by atoms with van der Waals surface area (Å²) in [4.78, 5) is 36.6. The highest BCUT2D eigenvalue weighted by atomic mass is 16.2. The molecule has 6 nitrogen and oxygen atoms in total. The number of aryl methyl sites for hydroxylation is 1. The van der Waals surface area contributed by atoms with E-state index in [1.807, 2.05) is 30.3 Å². The average molecular weight is 381 g/mol. The second kappa shape index (κ2) is 8.87. The Morgan fingerprint density at radius 1 is 1.11 bits per heavy atom. The van der Waals surface area contributed by atoms with Crippen LogP contribution in [0.25, 0.3) is 6.08 Å². The van der Waals surface area contributed by atoms with Crippen LogP contribution < -0.4 is 16.6 Å². The zero-order chi connectivity index (χ0) is 20.1. The Labute approximate surface area is 164 Å². The predicted molar refractivity (Wildman–Crippen MR) is 110 cm³/mol. The number of hydrogen-bond donors (Lipinski definition) is 1. The monoisotopic (exact) mass is 381 g/mol. The van der Waals surface area contributed by atoms with Crippen LogP contribution in [0.4, 0.5) is 0 Å². The zero-order valence-electron chi connectivity index (χ0n) is 16.4. The number of aromatic nitrogens is 2. The topological polar surface area (TPSA) is 73.1 Å². The molecule has 1 heterocycles. The second-order valence-corrected chi connectivity index (χ2v) is 7.47. The van der Waals surface area contributed by atoms with Gasteiger partial charge in [0.05, 0.1) is 11.6 Å². The normalized spacial score (nSPS) is 16.2. The molecule has 6 heteroatoms. The molecule has 1 aliphatic rings. The molecule has 0 unspecified atom stereocenters. The van der Waals surface area contributed by atoms with Crippen molar-refractivity contribution in [2.24, 2.45) is 20.0 Å². The lowest BCUT2D eigenvalue weighted by atomic mass is 9.81. The first-order valence-electron chi connectivity index (χ1n) is 9.77. The molecule has 1 saturated carbocycles. The fourth-order valence-electron chi connectivity index (χ4n) is 3.92.